The summed E-state index contributed by atoms with van der Waals surface area (Å²) in [6, 6.07) is 9.03. The molecule has 1 N–H and O–H groups in total. The molecule has 0 spiro atoms. The van der Waals surface area contributed by atoms with Gasteiger partial charge < -0.3 is 5.11 Å². The van der Waals surface area contributed by atoms with Gasteiger partial charge in [-0.1, -0.05) is 45.7 Å². The van der Waals surface area contributed by atoms with Gasteiger partial charge in [-0.2, -0.15) is 40.8 Å². The number of hydrogen-bond donors (Lipinski definition) is 1. The van der Waals surface area contributed by atoms with Crippen LogP contribution in [0, 0.1) is 6.92 Å². The largest absolute Gasteiger partial charge is 0.460 e. The van der Waals surface area contributed by atoms with Crippen molar-refractivity contribution >= 4 is 39.1 Å². The summed E-state index contributed by atoms with van der Waals surface area (Å²) in [5.41, 5.74) is -4.86. The van der Waals surface area contributed by atoms with Crippen molar-refractivity contribution in [2.24, 2.45) is 5.10 Å². The van der Waals surface area contributed by atoms with E-state index in [1.807, 2.05) is 0 Å². The van der Waals surface area contributed by atoms with Gasteiger partial charge in [-0.3, -0.25) is 4.79 Å². The molecule has 1 aliphatic heterocycles. The van der Waals surface area contributed by atoms with Crippen molar-refractivity contribution in [3.8, 4) is 0 Å². The standard InChI is InChI=1S/C20H13BrClF7N2O2/c1-10-2-7-13(14(22)8-10)16(32)31-17(33,18(23,24)19(25,26)20(27,28)29)9-15(30-31)11-3-5-12(21)6-4-11/h2-8,33H,9H2,1H3/t17-/m0/s1. The fourth-order valence-corrected chi connectivity index (χ4v) is 3.72. The minimum atomic E-state index is -6.73. The van der Waals surface area contributed by atoms with E-state index in [2.05, 4.69) is 21.0 Å². The summed E-state index contributed by atoms with van der Waals surface area (Å²) in [5, 5.41) is 13.4. The highest BCUT2D eigenvalue weighted by atomic mass is 79.9. The molecule has 13 heteroatoms. The van der Waals surface area contributed by atoms with Gasteiger partial charge in [0.25, 0.3) is 5.91 Å². The molecule has 3 rings (SSSR count). The van der Waals surface area contributed by atoms with Crippen LogP contribution in [-0.2, 0) is 0 Å². The van der Waals surface area contributed by atoms with E-state index < -0.39 is 52.4 Å². The number of amides is 1. The third-order valence-corrected chi connectivity index (χ3v) is 5.80. The zero-order valence-corrected chi connectivity index (χ0v) is 18.7. The van der Waals surface area contributed by atoms with E-state index in [0.717, 1.165) is 6.07 Å². The number of benzene rings is 2. The lowest BCUT2D eigenvalue weighted by Gasteiger charge is -2.41. The maximum Gasteiger partial charge on any atom is 0.460 e. The highest BCUT2D eigenvalue weighted by Crippen LogP contribution is 2.55. The van der Waals surface area contributed by atoms with E-state index in [4.69, 9.17) is 11.6 Å². The SMILES string of the molecule is Cc1ccc(C(=O)N2N=C(c3ccc(Br)cc3)C[C@]2(O)C(F)(F)C(F)(F)C(F)(F)F)c(Cl)c1. The van der Waals surface area contributed by atoms with Crippen LogP contribution in [0.25, 0.3) is 0 Å². The van der Waals surface area contributed by atoms with Crippen molar-refractivity contribution in [3.05, 3.63) is 68.7 Å². The molecule has 0 aliphatic carbocycles. The molecule has 2 aromatic rings. The van der Waals surface area contributed by atoms with Gasteiger partial charge in [-0.25, -0.2) is 0 Å². The fraction of sp³-hybridized carbons (Fsp3) is 0.300. The molecule has 0 fully saturated rings. The maximum absolute atomic E-state index is 14.8. The summed E-state index contributed by atoms with van der Waals surface area (Å²) >= 11 is 9.07. The summed E-state index contributed by atoms with van der Waals surface area (Å²) in [4.78, 5) is 13.0. The normalized spacial score (nSPS) is 19.6. The number of alkyl halides is 7. The number of hydrazone groups is 1. The van der Waals surface area contributed by atoms with Gasteiger partial charge in [0.05, 0.1) is 16.3 Å². The zero-order chi connectivity index (χ0) is 25.0. The topological polar surface area (TPSA) is 52.9 Å². The Morgan fingerprint density at radius 1 is 1.09 bits per heavy atom. The fourth-order valence-electron chi connectivity index (χ4n) is 3.14. The lowest BCUT2D eigenvalue weighted by Crippen LogP contribution is -2.69. The molecule has 178 valence electrons. The highest BCUT2D eigenvalue weighted by molar-refractivity contribution is 9.10. The second-order valence-corrected chi connectivity index (χ2v) is 8.62. The Morgan fingerprint density at radius 3 is 2.18 bits per heavy atom. The Balaban J connectivity index is 2.18. The van der Waals surface area contributed by atoms with Gasteiger partial charge in [0.1, 0.15) is 0 Å². The van der Waals surface area contributed by atoms with Crippen LogP contribution in [-0.4, -0.2) is 45.5 Å². The van der Waals surface area contributed by atoms with E-state index >= 15 is 0 Å². The Morgan fingerprint density at radius 2 is 1.67 bits per heavy atom. The number of carbonyl (C=O) groups is 1. The molecule has 2 aromatic carbocycles. The summed E-state index contributed by atoms with van der Waals surface area (Å²) in [5.74, 6) is -14.5. The van der Waals surface area contributed by atoms with E-state index in [9.17, 15) is 40.6 Å². The van der Waals surface area contributed by atoms with Gasteiger partial charge in [0.2, 0.25) is 5.72 Å². The molecule has 1 aliphatic rings. The first-order valence-electron chi connectivity index (χ1n) is 9.02. The number of hydrogen-bond acceptors (Lipinski definition) is 3. The Hall–Kier alpha value is -2.18. The van der Waals surface area contributed by atoms with Crippen LogP contribution < -0.4 is 0 Å². The van der Waals surface area contributed by atoms with Crippen LogP contribution in [0.1, 0.15) is 27.9 Å². The predicted molar refractivity (Wildman–Crippen MR) is 109 cm³/mol. The Kier molecular flexibility index (Phi) is 6.35. The van der Waals surface area contributed by atoms with Crippen molar-refractivity contribution in [2.75, 3.05) is 0 Å². The quantitative estimate of drug-likeness (QED) is 0.453. The molecular formula is C20H13BrClF7N2O2. The van der Waals surface area contributed by atoms with Gasteiger partial charge in [-0.05, 0) is 42.3 Å². The number of aliphatic hydroxyl groups is 1. The van der Waals surface area contributed by atoms with E-state index in [0.29, 0.717) is 10.0 Å². The lowest BCUT2D eigenvalue weighted by atomic mass is 9.91. The first-order valence-corrected chi connectivity index (χ1v) is 10.2. The first-order chi connectivity index (χ1) is 15.0. The molecule has 4 nitrogen and oxygen atoms in total. The van der Waals surface area contributed by atoms with Crippen molar-refractivity contribution in [2.45, 2.75) is 37.1 Å². The molecule has 0 bridgehead atoms. The summed E-state index contributed by atoms with van der Waals surface area (Å²) in [6.07, 6.45) is -8.24. The first kappa shape index (κ1) is 25.4. The van der Waals surface area contributed by atoms with E-state index in [-0.39, 0.29) is 10.6 Å². The molecule has 1 amide bonds. The zero-order valence-electron chi connectivity index (χ0n) is 16.4. The van der Waals surface area contributed by atoms with Gasteiger partial charge >= 0.3 is 18.0 Å². The molecule has 0 unspecified atom stereocenters. The molecule has 0 radical (unpaired) electrons. The third-order valence-electron chi connectivity index (χ3n) is 4.96. The lowest BCUT2D eigenvalue weighted by molar-refractivity contribution is -0.400. The van der Waals surface area contributed by atoms with Crippen LogP contribution in [0.15, 0.2) is 52.0 Å². The Bertz CT molecular complexity index is 1120. The number of rotatable bonds is 4. The van der Waals surface area contributed by atoms with Crippen LogP contribution in [0.3, 0.4) is 0 Å². The van der Waals surface area contributed by atoms with Crippen LogP contribution in [0.4, 0.5) is 30.7 Å². The summed E-state index contributed by atoms with van der Waals surface area (Å²) in [6.45, 7) is 1.58. The summed E-state index contributed by atoms with van der Waals surface area (Å²) in [7, 11) is 0. The van der Waals surface area contributed by atoms with Gasteiger partial charge in [-0.15, -0.1) is 0 Å². The van der Waals surface area contributed by atoms with Crippen LogP contribution in [0.5, 0.6) is 0 Å². The van der Waals surface area contributed by atoms with Crippen LogP contribution in [0.2, 0.25) is 5.02 Å². The van der Waals surface area contributed by atoms with Gasteiger partial charge in [0, 0.05) is 10.9 Å². The highest BCUT2D eigenvalue weighted by Gasteiger charge is 2.82. The molecule has 1 atom stereocenters. The molecule has 1 heterocycles. The number of halogens is 9. The molecule has 33 heavy (non-hydrogen) atoms. The smallest absolute Gasteiger partial charge is 0.364 e. The molecule has 0 saturated carbocycles. The van der Waals surface area contributed by atoms with Crippen molar-refractivity contribution < 1.29 is 40.6 Å². The van der Waals surface area contributed by atoms with Crippen molar-refractivity contribution in [1.82, 2.24) is 5.01 Å². The van der Waals surface area contributed by atoms with E-state index in [1.54, 1.807) is 6.92 Å². The van der Waals surface area contributed by atoms with Crippen molar-refractivity contribution in [3.63, 3.8) is 0 Å². The minimum absolute atomic E-state index is 0.00746. The van der Waals surface area contributed by atoms with E-state index in [1.165, 1.54) is 36.4 Å². The Labute approximate surface area is 195 Å². The average molecular weight is 562 g/mol. The van der Waals surface area contributed by atoms with Crippen molar-refractivity contribution in [1.29, 1.82) is 0 Å². The molecule has 0 saturated heterocycles. The molecular weight excluding hydrogens is 549 g/mol. The van der Waals surface area contributed by atoms with Crippen LogP contribution >= 0.6 is 27.5 Å². The monoisotopic (exact) mass is 560 g/mol. The number of nitrogens with zero attached hydrogens (tertiary/aromatic N) is 2. The predicted octanol–water partition coefficient (Wildman–Crippen LogP) is 6.18. The number of aryl methyl sites for hydroxylation is 1. The number of carbonyl (C=O) groups excluding carboxylic acids is 1. The van der Waals surface area contributed by atoms with Gasteiger partial charge in [0.15, 0.2) is 0 Å². The minimum Gasteiger partial charge on any atom is -0.364 e. The second kappa shape index (κ2) is 8.24. The molecule has 0 aromatic heterocycles. The maximum atomic E-state index is 14.8. The average Bonchev–Trinajstić information content (AvgIpc) is 3.06. The summed E-state index contributed by atoms with van der Waals surface area (Å²) < 4.78 is 96.6. The second-order valence-electron chi connectivity index (χ2n) is 7.29. The third kappa shape index (κ3) is 4.12.